The van der Waals surface area contributed by atoms with Gasteiger partial charge in [-0.1, -0.05) is 59.8 Å². The summed E-state index contributed by atoms with van der Waals surface area (Å²) in [5, 5.41) is 3.36. The lowest BCUT2D eigenvalue weighted by Crippen LogP contribution is -2.32. The zero-order chi connectivity index (χ0) is 20.4. The SMILES string of the molecule is NNC(=O)CSc1nc2scc(-c3ccccc3)c2c(=O)n1-c1cccc(Cl)c1. The van der Waals surface area contributed by atoms with Gasteiger partial charge < -0.3 is 0 Å². The Labute approximate surface area is 179 Å². The zero-order valence-corrected chi connectivity index (χ0v) is 17.4. The Morgan fingerprint density at radius 3 is 2.72 bits per heavy atom. The van der Waals surface area contributed by atoms with E-state index in [1.54, 1.807) is 24.3 Å². The van der Waals surface area contributed by atoms with Gasteiger partial charge in [0.05, 0.1) is 16.8 Å². The number of carbonyl (C=O) groups is 1. The number of hydrazine groups is 1. The first-order chi connectivity index (χ1) is 14.1. The van der Waals surface area contributed by atoms with Crippen LogP contribution >= 0.6 is 34.7 Å². The number of thiophene rings is 1. The second-order valence-electron chi connectivity index (χ2n) is 6.07. The standard InChI is InChI=1S/C20H15ClN4O2S2/c21-13-7-4-8-14(9-13)25-19(27)17-15(12-5-2-1-3-6-12)10-28-18(17)23-20(25)29-11-16(26)24-22/h1-10H,11,22H2,(H,24,26). The number of thioether (sulfide) groups is 1. The van der Waals surface area contributed by atoms with E-state index in [1.165, 1.54) is 15.9 Å². The molecule has 9 heteroatoms. The van der Waals surface area contributed by atoms with Crippen LogP contribution in [0.5, 0.6) is 0 Å². The largest absolute Gasteiger partial charge is 0.294 e. The fourth-order valence-electron chi connectivity index (χ4n) is 2.91. The van der Waals surface area contributed by atoms with Crippen molar-refractivity contribution in [2.24, 2.45) is 5.84 Å². The van der Waals surface area contributed by atoms with Crippen LogP contribution in [-0.2, 0) is 4.79 Å². The molecule has 0 spiro atoms. The summed E-state index contributed by atoms with van der Waals surface area (Å²) in [6, 6.07) is 16.7. The minimum Gasteiger partial charge on any atom is -0.294 e. The zero-order valence-electron chi connectivity index (χ0n) is 15.0. The van der Waals surface area contributed by atoms with Crippen LogP contribution in [0.15, 0.2) is 69.9 Å². The molecule has 0 atom stereocenters. The average Bonchev–Trinajstić information content (AvgIpc) is 3.17. The van der Waals surface area contributed by atoms with E-state index in [4.69, 9.17) is 17.4 Å². The third-order valence-electron chi connectivity index (χ3n) is 4.22. The Balaban J connectivity index is 1.96. The molecule has 0 saturated carbocycles. The number of hydrogen-bond acceptors (Lipinski definition) is 6. The number of halogens is 1. The number of aromatic nitrogens is 2. The van der Waals surface area contributed by atoms with Crippen LogP contribution in [0.1, 0.15) is 0 Å². The summed E-state index contributed by atoms with van der Waals surface area (Å²) < 4.78 is 1.49. The third kappa shape index (κ3) is 3.92. The van der Waals surface area contributed by atoms with Gasteiger partial charge in [-0.2, -0.15) is 0 Å². The Morgan fingerprint density at radius 1 is 1.21 bits per heavy atom. The van der Waals surface area contributed by atoms with Crippen molar-refractivity contribution in [2.45, 2.75) is 5.16 Å². The van der Waals surface area contributed by atoms with E-state index in [9.17, 15) is 9.59 Å². The van der Waals surface area contributed by atoms with Crippen LogP contribution in [-0.4, -0.2) is 21.2 Å². The molecular formula is C20H15ClN4O2S2. The molecule has 1 amide bonds. The average molecular weight is 443 g/mol. The summed E-state index contributed by atoms with van der Waals surface area (Å²) in [6.07, 6.45) is 0. The smallest absolute Gasteiger partial charge is 0.268 e. The van der Waals surface area contributed by atoms with Crippen LogP contribution in [0.2, 0.25) is 5.02 Å². The van der Waals surface area contributed by atoms with Crippen molar-refractivity contribution in [1.82, 2.24) is 15.0 Å². The van der Waals surface area contributed by atoms with Crippen LogP contribution in [0.3, 0.4) is 0 Å². The molecule has 0 radical (unpaired) electrons. The predicted molar refractivity (Wildman–Crippen MR) is 119 cm³/mol. The Kier molecular flexibility index (Phi) is 5.68. The molecule has 3 N–H and O–H groups in total. The van der Waals surface area contributed by atoms with Crippen molar-refractivity contribution in [3.63, 3.8) is 0 Å². The van der Waals surface area contributed by atoms with Gasteiger partial charge >= 0.3 is 0 Å². The molecule has 6 nitrogen and oxygen atoms in total. The summed E-state index contributed by atoms with van der Waals surface area (Å²) >= 11 is 8.69. The number of nitrogens with zero attached hydrogens (tertiary/aromatic N) is 2. The Bertz CT molecular complexity index is 1250. The molecule has 2 heterocycles. The van der Waals surface area contributed by atoms with Crippen molar-refractivity contribution in [1.29, 1.82) is 0 Å². The molecule has 146 valence electrons. The van der Waals surface area contributed by atoms with Gasteiger partial charge in [0.15, 0.2) is 5.16 Å². The van der Waals surface area contributed by atoms with E-state index >= 15 is 0 Å². The van der Waals surface area contributed by atoms with E-state index in [1.807, 2.05) is 35.7 Å². The van der Waals surface area contributed by atoms with Gasteiger partial charge in [0.25, 0.3) is 5.56 Å². The van der Waals surface area contributed by atoms with Gasteiger partial charge in [-0.25, -0.2) is 10.8 Å². The Morgan fingerprint density at radius 2 is 2.00 bits per heavy atom. The summed E-state index contributed by atoms with van der Waals surface area (Å²) in [4.78, 5) is 30.5. The molecule has 2 aromatic carbocycles. The second kappa shape index (κ2) is 8.38. The molecule has 29 heavy (non-hydrogen) atoms. The first-order valence-electron chi connectivity index (χ1n) is 8.56. The summed E-state index contributed by atoms with van der Waals surface area (Å²) in [5.74, 6) is 4.85. The molecular weight excluding hydrogens is 428 g/mol. The molecule has 0 unspecified atom stereocenters. The number of nitrogens with one attached hydrogen (secondary N) is 1. The lowest BCUT2D eigenvalue weighted by Gasteiger charge is -2.12. The number of amides is 1. The van der Waals surface area contributed by atoms with E-state index in [-0.39, 0.29) is 17.2 Å². The highest BCUT2D eigenvalue weighted by molar-refractivity contribution is 7.99. The van der Waals surface area contributed by atoms with Crippen molar-refractivity contribution in [2.75, 3.05) is 5.75 Å². The maximum Gasteiger partial charge on any atom is 0.268 e. The number of hydrogen-bond donors (Lipinski definition) is 2. The number of rotatable bonds is 5. The summed E-state index contributed by atoms with van der Waals surface area (Å²) in [6.45, 7) is 0. The van der Waals surface area contributed by atoms with E-state index in [2.05, 4.69) is 10.4 Å². The van der Waals surface area contributed by atoms with E-state index in [0.29, 0.717) is 26.1 Å². The molecule has 4 rings (SSSR count). The lowest BCUT2D eigenvalue weighted by molar-refractivity contribution is -0.118. The van der Waals surface area contributed by atoms with Gasteiger partial charge in [-0.05, 0) is 23.8 Å². The van der Waals surface area contributed by atoms with Crippen LogP contribution in [0.25, 0.3) is 27.0 Å². The van der Waals surface area contributed by atoms with Crippen molar-refractivity contribution in [3.05, 3.63) is 75.4 Å². The van der Waals surface area contributed by atoms with Gasteiger partial charge in [0.2, 0.25) is 5.91 Å². The van der Waals surface area contributed by atoms with Gasteiger partial charge in [-0.15, -0.1) is 11.3 Å². The molecule has 0 saturated heterocycles. The van der Waals surface area contributed by atoms with Crippen LogP contribution in [0.4, 0.5) is 0 Å². The highest BCUT2D eigenvalue weighted by Crippen LogP contribution is 2.33. The van der Waals surface area contributed by atoms with Gasteiger partial charge in [0.1, 0.15) is 4.83 Å². The first kappa shape index (κ1) is 19.7. The quantitative estimate of drug-likeness (QED) is 0.161. The number of benzene rings is 2. The third-order valence-corrected chi connectivity index (χ3v) is 6.27. The van der Waals surface area contributed by atoms with E-state index in [0.717, 1.165) is 22.9 Å². The number of carbonyl (C=O) groups excluding carboxylic acids is 1. The highest BCUT2D eigenvalue weighted by Gasteiger charge is 2.19. The molecule has 2 aromatic heterocycles. The van der Waals surface area contributed by atoms with Gasteiger partial charge in [0, 0.05) is 16.0 Å². The minimum atomic E-state index is -0.363. The molecule has 0 aliphatic carbocycles. The lowest BCUT2D eigenvalue weighted by atomic mass is 10.1. The molecule has 4 aromatic rings. The predicted octanol–water partition coefficient (Wildman–Crippen LogP) is 3.85. The van der Waals surface area contributed by atoms with E-state index < -0.39 is 0 Å². The minimum absolute atomic E-state index is 0.0337. The second-order valence-corrected chi connectivity index (χ2v) is 8.30. The molecule has 0 aliphatic rings. The van der Waals surface area contributed by atoms with Crippen molar-refractivity contribution < 1.29 is 4.79 Å². The summed E-state index contributed by atoms with van der Waals surface area (Å²) in [7, 11) is 0. The van der Waals surface area contributed by atoms with Crippen molar-refractivity contribution >= 4 is 50.8 Å². The fourth-order valence-corrected chi connectivity index (χ4v) is 4.91. The van der Waals surface area contributed by atoms with Gasteiger partial charge in [-0.3, -0.25) is 19.6 Å². The van der Waals surface area contributed by atoms with Crippen LogP contribution < -0.4 is 16.8 Å². The first-order valence-corrected chi connectivity index (χ1v) is 10.8. The Hall–Kier alpha value is -2.65. The number of fused-ring (bicyclic) bond motifs is 1. The van der Waals surface area contributed by atoms with Crippen molar-refractivity contribution in [3.8, 4) is 16.8 Å². The number of nitrogens with two attached hydrogens (primary N) is 1. The highest BCUT2D eigenvalue weighted by atomic mass is 35.5. The topological polar surface area (TPSA) is 90.0 Å². The normalized spacial score (nSPS) is 11.0. The fraction of sp³-hybridized carbons (Fsp3) is 0.0500. The monoisotopic (exact) mass is 442 g/mol. The van der Waals surface area contributed by atoms with Crippen LogP contribution in [0, 0.1) is 0 Å². The molecule has 0 fully saturated rings. The maximum atomic E-state index is 13.6. The maximum absolute atomic E-state index is 13.6. The molecule has 0 aliphatic heterocycles. The summed E-state index contributed by atoms with van der Waals surface area (Å²) in [5.41, 5.74) is 4.23. The molecule has 0 bridgehead atoms.